The first kappa shape index (κ1) is 28.6. The van der Waals surface area contributed by atoms with Crippen LogP contribution in [0.4, 0.5) is 16.2 Å². The van der Waals surface area contributed by atoms with Gasteiger partial charge < -0.3 is 14.8 Å². The van der Waals surface area contributed by atoms with Crippen molar-refractivity contribution in [1.82, 2.24) is 5.32 Å². The van der Waals surface area contributed by atoms with Crippen molar-refractivity contribution in [2.45, 2.75) is 27.7 Å². The van der Waals surface area contributed by atoms with Crippen molar-refractivity contribution in [3.05, 3.63) is 86.4 Å². The zero-order chi connectivity index (χ0) is 29.1. The average Bonchev–Trinajstić information content (AvgIpc) is 2.89. The molecule has 3 aromatic rings. The molecule has 9 nitrogen and oxygen atoms in total. The number of barbiturate groups is 1. The van der Waals surface area contributed by atoms with Crippen LogP contribution in [0.3, 0.4) is 0 Å². The Labute approximate surface area is 240 Å². The van der Waals surface area contributed by atoms with E-state index < -0.39 is 17.8 Å². The number of benzene rings is 3. The van der Waals surface area contributed by atoms with E-state index in [0.717, 1.165) is 27.2 Å². The molecule has 0 aromatic heterocycles. The number of methoxy groups -OCH3 is 1. The number of nitrogens with one attached hydrogen (secondary N) is 2. The Hall–Kier alpha value is -4.44. The number of rotatable bonds is 7. The molecule has 1 heterocycles. The van der Waals surface area contributed by atoms with Crippen LogP contribution in [-0.2, 0) is 14.4 Å². The highest BCUT2D eigenvalue weighted by Crippen LogP contribution is 2.37. The van der Waals surface area contributed by atoms with Crippen molar-refractivity contribution in [3.63, 3.8) is 0 Å². The minimum atomic E-state index is -0.822. The van der Waals surface area contributed by atoms with Crippen molar-refractivity contribution in [1.29, 1.82) is 0 Å². The van der Waals surface area contributed by atoms with Gasteiger partial charge in [-0.3, -0.25) is 19.7 Å². The Morgan fingerprint density at radius 2 is 1.73 bits per heavy atom. The van der Waals surface area contributed by atoms with Gasteiger partial charge in [0.2, 0.25) is 0 Å². The van der Waals surface area contributed by atoms with Crippen LogP contribution in [0, 0.1) is 27.7 Å². The van der Waals surface area contributed by atoms with Gasteiger partial charge >= 0.3 is 6.03 Å². The average molecular weight is 606 g/mol. The third kappa shape index (κ3) is 6.07. The minimum absolute atomic E-state index is 0.228. The van der Waals surface area contributed by atoms with E-state index in [9.17, 15) is 19.2 Å². The van der Waals surface area contributed by atoms with Crippen LogP contribution in [0.25, 0.3) is 6.08 Å². The minimum Gasteiger partial charge on any atom is -0.493 e. The van der Waals surface area contributed by atoms with E-state index in [-0.39, 0.29) is 29.6 Å². The van der Waals surface area contributed by atoms with Crippen LogP contribution >= 0.6 is 15.9 Å². The summed E-state index contributed by atoms with van der Waals surface area (Å²) in [5, 5.41) is 5.05. The number of halogens is 1. The number of hydrogen-bond acceptors (Lipinski definition) is 6. The second-order valence-corrected chi connectivity index (χ2v) is 10.3. The molecule has 1 fully saturated rings. The summed E-state index contributed by atoms with van der Waals surface area (Å²) in [5.41, 5.74) is 5.17. The lowest BCUT2D eigenvalue weighted by Gasteiger charge is -2.27. The summed E-state index contributed by atoms with van der Waals surface area (Å²) in [5.74, 6) is -1.38. The van der Waals surface area contributed by atoms with Crippen LogP contribution in [0.5, 0.6) is 11.5 Å². The predicted octanol–water partition coefficient (Wildman–Crippen LogP) is 5.38. The van der Waals surface area contributed by atoms with Crippen LogP contribution in [-0.4, -0.2) is 37.5 Å². The van der Waals surface area contributed by atoms with Gasteiger partial charge in [-0.2, -0.15) is 0 Å². The monoisotopic (exact) mass is 605 g/mol. The topological polar surface area (TPSA) is 114 Å². The van der Waals surface area contributed by atoms with Crippen LogP contribution in [0.2, 0.25) is 0 Å². The maximum Gasteiger partial charge on any atom is 0.335 e. The normalized spacial score (nSPS) is 14.3. The zero-order valence-corrected chi connectivity index (χ0v) is 24.3. The summed E-state index contributed by atoms with van der Waals surface area (Å²) in [4.78, 5) is 51.9. The fourth-order valence-corrected chi connectivity index (χ4v) is 4.74. The first-order chi connectivity index (χ1) is 19.0. The number of anilines is 2. The van der Waals surface area contributed by atoms with Gasteiger partial charge in [-0.25, -0.2) is 9.69 Å². The number of carbonyl (C=O) groups excluding carboxylic acids is 4. The molecular weight excluding hydrogens is 578 g/mol. The lowest BCUT2D eigenvalue weighted by Crippen LogP contribution is -2.54. The van der Waals surface area contributed by atoms with E-state index in [1.165, 1.54) is 13.2 Å². The van der Waals surface area contributed by atoms with E-state index >= 15 is 0 Å². The quantitative estimate of drug-likeness (QED) is 0.276. The van der Waals surface area contributed by atoms with E-state index in [2.05, 4.69) is 26.6 Å². The van der Waals surface area contributed by atoms with Gasteiger partial charge in [0, 0.05) is 5.69 Å². The Morgan fingerprint density at radius 3 is 2.40 bits per heavy atom. The van der Waals surface area contributed by atoms with Crippen molar-refractivity contribution >= 4 is 57.1 Å². The highest BCUT2D eigenvalue weighted by molar-refractivity contribution is 9.10. The standard InChI is InChI=1S/C30H28BrN3O6/c1-16-6-9-24(19(4)10-16)32-26(35)15-40-27-23(31)13-20(14-25(27)39-5)12-22-28(36)33-30(38)34(29(22)37)21-8-7-17(2)18(3)11-21/h6-14H,15H2,1-5H3,(H,32,35)(H,33,36,38)/b22-12-. The molecule has 5 amide bonds. The summed E-state index contributed by atoms with van der Waals surface area (Å²) in [6.45, 7) is 7.39. The Morgan fingerprint density at radius 1 is 0.975 bits per heavy atom. The maximum atomic E-state index is 13.3. The summed E-state index contributed by atoms with van der Waals surface area (Å²) in [6, 6.07) is 13.2. The molecular formula is C30H28BrN3O6. The molecule has 0 unspecified atom stereocenters. The lowest BCUT2D eigenvalue weighted by molar-refractivity contribution is -0.122. The number of aryl methyl sites for hydroxylation is 4. The molecule has 0 bridgehead atoms. The van der Waals surface area contributed by atoms with Crippen molar-refractivity contribution in [2.75, 3.05) is 23.9 Å². The second kappa shape index (κ2) is 11.7. The number of amides is 5. The first-order valence-corrected chi connectivity index (χ1v) is 13.1. The van der Waals surface area contributed by atoms with Crippen molar-refractivity contribution in [3.8, 4) is 11.5 Å². The molecule has 2 N–H and O–H groups in total. The molecule has 0 atom stereocenters. The number of urea groups is 1. The van der Waals surface area contributed by atoms with Gasteiger partial charge in [0.1, 0.15) is 5.57 Å². The van der Waals surface area contributed by atoms with E-state index in [4.69, 9.17) is 9.47 Å². The molecule has 206 valence electrons. The Bertz CT molecular complexity index is 1580. The second-order valence-electron chi connectivity index (χ2n) is 9.42. The molecule has 0 aliphatic carbocycles. The molecule has 3 aromatic carbocycles. The van der Waals surface area contributed by atoms with E-state index in [0.29, 0.717) is 21.4 Å². The molecule has 0 saturated carbocycles. The smallest absolute Gasteiger partial charge is 0.335 e. The molecule has 4 rings (SSSR count). The van der Waals surface area contributed by atoms with Gasteiger partial charge in [0.05, 0.1) is 17.3 Å². The summed E-state index contributed by atoms with van der Waals surface area (Å²) in [7, 11) is 1.43. The summed E-state index contributed by atoms with van der Waals surface area (Å²) < 4.78 is 11.6. The number of imide groups is 2. The van der Waals surface area contributed by atoms with Crippen LogP contribution < -0.4 is 25.0 Å². The fourth-order valence-electron chi connectivity index (χ4n) is 4.16. The molecule has 10 heteroatoms. The van der Waals surface area contributed by atoms with Crippen LogP contribution in [0.1, 0.15) is 27.8 Å². The predicted molar refractivity (Wildman–Crippen MR) is 156 cm³/mol. The van der Waals surface area contributed by atoms with E-state index in [1.807, 2.05) is 45.9 Å². The zero-order valence-electron chi connectivity index (χ0n) is 22.7. The van der Waals surface area contributed by atoms with Gasteiger partial charge in [-0.15, -0.1) is 0 Å². The molecule has 1 saturated heterocycles. The molecule has 1 aliphatic rings. The van der Waals surface area contributed by atoms with Crippen molar-refractivity contribution in [2.24, 2.45) is 0 Å². The number of carbonyl (C=O) groups is 4. The van der Waals surface area contributed by atoms with Gasteiger partial charge in [-0.05, 0) is 102 Å². The third-order valence-corrected chi connectivity index (χ3v) is 7.01. The van der Waals surface area contributed by atoms with Crippen LogP contribution in [0.15, 0.2) is 58.6 Å². The summed E-state index contributed by atoms with van der Waals surface area (Å²) in [6.07, 6.45) is 1.36. The molecule has 0 radical (unpaired) electrons. The molecule has 40 heavy (non-hydrogen) atoms. The SMILES string of the molecule is COc1cc(/C=C2/C(=O)NC(=O)N(c3ccc(C)c(C)c3)C2=O)cc(Br)c1OCC(=O)Nc1ccc(C)cc1C. The van der Waals surface area contributed by atoms with Gasteiger partial charge in [-0.1, -0.05) is 23.8 Å². The summed E-state index contributed by atoms with van der Waals surface area (Å²) >= 11 is 3.43. The fraction of sp³-hybridized carbons (Fsp3) is 0.200. The van der Waals surface area contributed by atoms with Gasteiger partial charge in [0.15, 0.2) is 18.1 Å². The lowest BCUT2D eigenvalue weighted by atomic mass is 10.0. The highest BCUT2D eigenvalue weighted by Gasteiger charge is 2.37. The molecule has 0 spiro atoms. The number of nitrogens with zero attached hydrogens (tertiary/aromatic N) is 1. The van der Waals surface area contributed by atoms with Crippen molar-refractivity contribution < 1.29 is 28.7 Å². The Kier molecular flexibility index (Phi) is 8.39. The third-order valence-electron chi connectivity index (χ3n) is 6.42. The number of hydrogen-bond donors (Lipinski definition) is 2. The first-order valence-electron chi connectivity index (χ1n) is 12.3. The number of ether oxygens (including phenoxy) is 2. The Balaban J connectivity index is 1.56. The van der Waals surface area contributed by atoms with Gasteiger partial charge in [0.25, 0.3) is 17.7 Å². The largest absolute Gasteiger partial charge is 0.493 e. The maximum absolute atomic E-state index is 13.3. The molecule has 1 aliphatic heterocycles. The highest BCUT2D eigenvalue weighted by atomic mass is 79.9. The van der Waals surface area contributed by atoms with E-state index in [1.54, 1.807) is 30.3 Å².